The zero-order valence-corrected chi connectivity index (χ0v) is 18.6. The monoisotopic (exact) mass is 440 g/mol. The Bertz CT molecular complexity index is 1010. The number of ketones is 2. The number of primary amides is 1. The molecule has 0 bridgehead atoms. The number of Topliss-reactive ketones (excluding diaryl/α,β-unsaturated/α-hetero) is 2. The van der Waals surface area contributed by atoms with Gasteiger partial charge in [-0.15, -0.1) is 0 Å². The largest absolute Gasteiger partial charge is 0.489 e. The van der Waals surface area contributed by atoms with Crippen LogP contribution in [-0.2, 0) is 41.5 Å². The third-order valence-corrected chi connectivity index (χ3v) is 6.03. The molecule has 0 aromatic heterocycles. The van der Waals surface area contributed by atoms with Crippen molar-refractivity contribution in [3.63, 3.8) is 0 Å². The highest BCUT2D eigenvalue weighted by Crippen LogP contribution is 2.28. The van der Waals surface area contributed by atoms with Gasteiger partial charge in [0, 0.05) is 30.5 Å². The fourth-order valence-electron chi connectivity index (χ4n) is 4.19. The van der Waals surface area contributed by atoms with E-state index in [2.05, 4.69) is 0 Å². The molecule has 170 valence electrons. The standard InChI is InChI=1S/C24H28N2O6/c1-14-17(21(29)23(32-3)22(31-2)20(14)28)13-16-8-6-15(7-9-16)10-11-19(27)26-12-4-5-18(26)24(25)30/h6-9,18H,4-5,10-13H2,1-3H3,(H2,25,30). The lowest BCUT2D eigenvalue weighted by molar-refractivity contribution is -0.137. The van der Waals surface area contributed by atoms with Crippen LogP contribution >= 0.6 is 0 Å². The number of benzene rings is 1. The van der Waals surface area contributed by atoms with Crippen LogP contribution in [0.5, 0.6) is 0 Å². The second-order valence-corrected chi connectivity index (χ2v) is 7.97. The summed E-state index contributed by atoms with van der Waals surface area (Å²) in [6.45, 7) is 2.17. The van der Waals surface area contributed by atoms with Gasteiger partial charge >= 0.3 is 0 Å². The Morgan fingerprint density at radius 2 is 1.62 bits per heavy atom. The number of hydrogen-bond acceptors (Lipinski definition) is 6. The van der Waals surface area contributed by atoms with E-state index in [0.717, 1.165) is 17.5 Å². The van der Waals surface area contributed by atoms with E-state index in [1.54, 1.807) is 11.8 Å². The second-order valence-electron chi connectivity index (χ2n) is 7.97. The summed E-state index contributed by atoms with van der Waals surface area (Å²) in [5, 5.41) is 0. The molecule has 1 aliphatic heterocycles. The molecule has 0 spiro atoms. The minimum atomic E-state index is -0.498. The maximum absolute atomic E-state index is 12.8. The molecule has 2 N–H and O–H groups in total. The van der Waals surface area contributed by atoms with Crippen molar-refractivity contribution < 1.29 is 28.7 Å². The van der Waals surface area contributed by atoms with Gasteiger partial charge in [0.25, 0.3) is 0 Å². The number of amides is 2. The van der Waals surface area contributed by atoms with Gasteiger partial charge in [0.05, 0.1) is 14.2 Å². The van der Waals surface area contributed by atoms with Crippen LogP contribution in [0.1, 0.15) is 37.3 Å². The number of rotatable bonds is 8. The molecule has 1 heterocycles. The van der Waals surface area contributed by atoms with Crippen LogP contribution < -0.4 is 5.73 Å². The lowest BCUT2D eigenvalue weighted by atomic mass is 9.88. The van der Waals surface area contributed by atoms with Gasteiger partial charge in [0.15, 0.2) is 0 Å². The first-order valence-corrected chi connectivity index (χ1v) is 10.6. The molecular weight excluding hydrogens is 412 g/mol. The first kappa shape index (κ1) is 23.2. The van der Waals surface area contributed by atoms with E-state index in [1.807, 2.05) is 24.3 Å². The highest BCUT2D eigenvalue weighted by molar-refractivity contribution is 6.23. The number of allylic oxidation sites excluding steroid dienone is 2. The minimum Gasteiger partial charge on any atom is -0.489 e. The average Bonchev–Trinajstić information content (AvgIpc) is 3.28. The summed E-state index contributed by atoms with van der Waals surface area (Å²) in [5.41, 5.74) is 7.94. The van der Waals surface area contributed by atoms with Gasteiger partial charge in [0.2, 0.25) is 34.9 Å². The molecule has 2 aliphatic rings. The van der Waals surface area contributed by atoms with Gasteiger partial charge in [-0.2, -0.15) is 0 Å². The van der Waals surface area contributed by atoms with Crippen molar-refractivity contribution in [3.05, 3.63) is 58.1 Å². The Morgan fingerprint density at radius 3 is 2.22 bits per heavy atom. The number of nitrogens with two attached hydrogens (primary N) is 1. The van der Waals surface area contributed by atoms with E-state index in [4.69, 9.17) is 15.2 Å². The van der Waals surface area contributed by atoms with Gasteiger partial charge in [0.1, 0.15) is 6.04 Å². The van der Waals surface area contributed by atoms with Gasteiger partial charge in [-0.05, 0) is 37.3 Å². The molecule has 1 aromatic rings. The first-order valence-electron chi connectivity index (χ1n) is 10.6. The van der Waals surface area contributed by atoms with Crippen molar-refractivity contribution in [2.24, 2.45) is 5.73 Å². The molecule has 1 unspecified atom stereocenters. The Morgan fingerprint density at radius 1 is 1.03 bits per heavy atom. The zero-order valence-electron chi connectivity index (χ0n) is 18.6. The Kier molecular flexibility index (Phi) is 7.12. The molecule has 0 saturated carbocycles. The Labute approximate surface area is 187 Å². The highest BCUT2D eigenvalue weighted by atomic mass is 16.5. The third kappa shape index (κ3) is 4.59. The number of likely N-dealkylation sites (tertiary alicyclic amines) is 1. The average molecular weight is 440 g/mol. The van der Waals surface area contributed by atoms with Crippen LogP contribution in [0.3, 0.4) is 0 Å². The molecular formula is C24H28N2O6. The number of carbonyl (C=O) groups is 4. The minimum absolute atomic E-state index is 0.0738. The molecule has 1 saturated heterocycles. The summed E-state index contributed by atoms with van der Waals surface area (Å²) in [6, 6.07) is 7.05. The van der Waals surface area contributed by atoms with Crippen molar-refractivity contribution in [2.75, 3.05) is 20.8 Å². The molecule has 1 aliphatic carbocycles. The van der Waals surface area contributed by atoms with Crippen molar-refractivity contribution >= 4 is 23.4 Å². The summed E-state index contributed by atoms with van der Waals surface area (Å²) in [5.74, 6) is -1.39. The number of methoxy groups -OCH3 is 2. The maximum atomic E-state index is 12.8. The Balaban J connectivity index is 1.64. The summed E-state index contributed by atoms with van der Waals surface area (Å²) in [7, 11) is 2.67. The number of aryl methyl sites for hydroxylation is 1. The molecule has 0 radical (unpaired) electrons. The van der Waals surface area contributed by atoms with E-state index < -0.39 is 11.9 Å². The summed E-state index contributed by atoms with van der Waals surface area (Å²) < 4.78 is 10.2. The van der Waals surface area contributed by atoms with E-state index >= 15 is 0 Å². The lowest BCUT2D eigenvalue weighted by Gasteiger charge is -2.22. The topological polar surface area (TPSA) is 116 Å². The van der Waals surface area contributed by atoms with Gasteiger partial charge in [-0.1, -0.05) is 24.3 Å². The van der Waals surface area contributed by atoms with Gasteiger partial charge in [-0.3, -0.25) is 19.2 Å². The molecule has 1 atom stereocenters. The van der Waals surface area contributed by atoms with Gasteiger partial charge < -0.3 is 20.1 Å². The van der Waals surface area contributed by atoms with Crippen molar-refractivity contribution in [1.82, 2.24) is 4.90 Å². The first-order chi connectivity index (χ1) is 15.3. The van der Waals surface area contributed by atoms with Crippen LogP contribution in [0.2, 0.25) is 0 Å². The molecule has 1 aromatic carbocycles. The van der Waals surface area contributed by atoms with Crippen LogP contribution in [0.25, 0.3) is 0 Å². The smallest absolute Gasteiger partial charge is 0.240 e. The van der Waals surface area contributed by atoms with Crippen molar-refractivity contribution in [2.45, 2.75) is 45.1 Å². The Hall–Kier alpha value is -3.42. The number of hydrogen-bond donors (Lipinski definition) is 1. The zero-order chi connectivity index (χ0) is 23.4. The second kappa shape index (κ2) is 9.80. The fourth-order valence-corrected chi connectivity index (χ4v) is 4.19. The molecule has 32 heavy (non-hydrogen) atoms. The summed E-state index contributed by atoms with van der Waals surface area (Å²) in [4.78, 5) is 50.9. The number of nitrogens with zero attached hydrogens (tertiary/aromatic N) is 1. The van der Waals surface area contributed by atoms with Crippen molar-refractivity contribution in [3.8, 4) is 0 Å². The third-order valence-electron chi connectivity index (χ3n) is 6.03. The normalized spacial score (nSPS) is 19.0. The number of carbonyl (C=O) groups excluding carboxylic acids is 4. The maximum Gasteiger partial charge on any atom is 0.240 e. The SMILES string of the molecule is COC1=C(OC)C(=O)C(Cc2ccc(CCC(=O)N3CCCC3C(N)=O)cc2)=C(C)C1=O. The molecule has 3 rings (SSSR count). The lowest BCUT2D eigenvalue weighted by Crippen LogP contribution is -2.43. The van der Waals surface area contributed by atoms with Crippen LogP contribution in [0, 0.1) is 0 Å². The summed E-state index contributed by atoms with van der Waals surface area (Å²) >= 11 is 0. The molecule has 8 heteroatoms. The number of ether oxygens (including phenoxy) is 2. The van der Waals surface area contributed by atoms with Crippen LogP contribution in [-0.4, -0.2) is 55.1 Å². The fraction of sp³-hybridized carbons (Fsp3) is 0.417. The van der Waals surface area contributed by atoms with E-state index in [0.29, 0.717) is 37.0 Å². The predicted octanol–water partition coefficient (Wildman–Crippen LogP) is 1.61. The summed E-state index contributed by atoms with van der Waals surface area (Å²) in [6.07, 6.45) is 2.53. The predicted molar refractivity (Wildman–Crippen MR) is 116 cm³/mol. The molecule has 2 amide bonds. The highest BCUT2D eigenvalue weighted by Gasteiger charge is 2.35. The van der Waals surface area contributed by atoms with Crippen molar-refractivity contribution in [1.29, 1.82) is 0 Å². The molecule has 8 nitrogen and oxygen atoms in total. The van der Waals surface area contributed by atoms with Gasteiger partial charge in [-0.25, -0.2) is 0 Å². The van der Waals surface area contributed by atoms with E-state index in [-0.39, 0.29) is 35.4 Å². The van der Waals surface area contributed by atoms with E-state index in [1.165, 1.54) is 14.2 Å². The van der Waals surface area contributed by atoms with Crippen LogP contribution in [0.15, 0.2) is 46.9 Å². The van der Waals surface area contributed by atoms with E-state index in [9.17, 15) is 19.2 Å². The molecule has 1 fully saturated rings. The quantitative estimate of drug-likeness (QED) is 0.614. The van der Waals surface area contributed by atoms with Crippen LogP contribution in [0.4, 0.5) is 0 Å².